The van der Waals surface area contributed by atoms with Crippen LogP contribution in [0.1, 0.15) is 24.1 Å². The van der Waals surface area contributed by atoms with E-state index in [4.69, 9.17) is 23.1 Å². The lowest BCUT2D eigenvalue weighted by Crippen LogP contribution is -2.26. The van der Waals surface area contributed by atoms with Crippen molar-refractivity contribution in [1.29, 1.82) is 0 Å². The summed E-state index contributed by atoms with van der Waals surface area (Å²) in [5.41, 5.74) is 12.6. The number of aryl methyl sites for hydroxylation is 1. The summed E-state index contributed by atoms with van der Waals surface area (Å²) in [6, 6.07) is 2.67. The molecular weight excluding hydrogens is 215 g/mol. The van der Waals surface area contributed by atoms with Gasteiger partial charge in [-0.3, -0.25) is 0 Å². The van der Waals surface area contributed by atoms with Gasteiger partial charge in [-0.25, -0.2) is 4.39 Å². The minimum absolute atomic E-state index is 0.0737. The third-order valence-corrected chi connectivity index (χ3v) is 2.95. The Hall–Kier alpha value is -0.640. The van der Waals surface area contributed by atoms with Crippen molar-refractivity contribution in [2.45, 2.75) is 19.9 Å². The third kappa shape index (κ3) is 2.68. The van der Waals surface area contributed by atoms with E-state index in [0.29, 0.717) is 22.7 Å². The van der Waals surface area contributed by atoms with Crippen LogP contribution in [0.25, 0.3) is 0 Å². The highest BCUT2D eigenvalue weighted by Crippen LogP contribution is 2.28. The van der Waals surface area contributed by atoms with Gasteiger partial charge in [-0.2, -0.15) is 0 Å². The fraction of sp³-hybridized carbons (Fsp3) is 0.455. The predicted molar refractivity (Wildman–Crippen MR) is 61.3 cm³/mol. The van der Waals surface area contributed by atoms with Gasteiger partial charge in [0.15, 0.2) is 0 Å². The molecule has 0 amide bonds. The summed E-state index contributed by atoms with van der Waals surface area (Å²) in [6.45, 7) is 4.04. The monoisotopic (exact) mass is 230 g/mol. The van der Waals surface area contributed by atoms with E-state index < -0.39 is 0 Å². The molecule has 2 atom stereocenters. The van der Waals surface area contributed by atoms with Crippen LogP contribution in [0, 0.1) is 18.7 Å². The van der Waals surface area contributed by atoms with Gasteiger partial charge in [-0.1, -0.05) is 18.5 Å². The fourth-order valence-electron chi connectivity index (χ4n) is 1.37. The van der Waals surface area contributed by atoms with E-state index in [1.807, 2.05) is 6.92 Å². The minimum atomic E-state index is -0.322. The van der Waals surface area contributed by atoms with Gasteiger partial charge >= 0.3 is 0 Å². The normalized spacial score (nSPS) is 15.1. The summed E-state index contributed by atoms with van der Waals surface area (Å²) in [6.07, 6.45) is 0. The molecule has 2 nitrogen and oxygen atoms in total. The summed E-state index contributed by atoms with van der Waals surface area (Å²) >= 11 is 6.01. The molecule has 0 saturated carbocycles. The smallest absolute Gasteiger partial charge is 0.126 e. The van der Waals surface area contributed by atoms with Crippen molar-refractivity contribution in [3.05, 3.63) is 34.1 Å². The van der Waals surface area contributed by atoms with E-state index in [0.717, 1.165) is 0 Å². The van der Waals surface area contributed by atoms with E-state index in [1.54, 1.807) is 13.0 Å². The van der Waals surface area contributed by atoms with Crippen LogP contribution in [0.5, 0.6) is 0 Å². The molecule has 0 spiro atoms. The molecule has 0 bridgehead atoms. The van der Waals surface area contributed by atoms with Crippen molar-refractivity contribution in [2.24, 2.45) is 17.4 Å². The number of rotatable bonds is 3. The van der Waals surface area contributed by atoms with Crippen molar-refractivity contribution in [3.63, 3.8) is 0 Å². The third-order valence-electron chi connectivity index (χ3n) is 2.62. The summed E-state index contributed by atoms with van der Waals surface area (Å²) < 4.78 is 13.3. The van der Waals surface area contributed by atoms with Crippen LogP contribution < -0.4 is 11.5 Å². The van der Waals surface area contributed by atoms with Gasteiger partial charge in [-0.15, -0.1) is 0 Å². The maximum Gasteiger partial charge on any atom is 0.126 e. The van der Waals surface area contributed by atoms with Crippen LogP contribution in [0.4, 0.5) is 4.39 Å². The highest BCUT2D eigenvalue weighted by molar-refractivity contribution is 6.31. The second-order valence-electron chi connectivity index (χ2n) is 3.86. The molecule has 1 aromatic rings. The molecule has 0 aliphatic rings. The Morgan fingerprint density at radius 3 is 2.60 bits per heavy atom. The highest BCUT2D eigenvalue weighted by Gasteiger charge is 2.17. The first kappa shape index (κ1) is 12.4. The molecule has 0 radical (unpaired) electrons. The van der Waals surface area contributed by atoms with Crippen molar-refractivity contribution < 1.29 is 4.39 Å². The Morgan fingerprint density at radius 2 is 2.07 bits per heavy atom. The summed E-state index contributed by atoms with van der Waals surface area (Å²) in [5, 5.41) is 0.502. The van der Waals surface area contributed by atoms with Crippen molar-refractivity contribution in [1.82, 2.24) is 0 Å². The van der Waals surface area contributed by atoms with Crippen LogP contribution in [-0.4, -0.2) is 6.54 Å². The number of hydrogen-bond donors (Lipinski definition) is 2. The molecule has 0 aromatic heterocycles. The van der Waals surface area contributed by atoms with E-state index in [-0.39, 0.29) is 17.8 Å². The van der Waals surface area contributed by atoms with Gasteiger partial charge in [0.1, 0.15) is 5.82 Å². The lowest BCUT2D eigenvalue weighted by molar-refractivity contribution is 0.478. The maximum atomic E-state index is 13.3. The molecule has 4 N–H and O–H groups in total. The molecule has 0 saturated heterocycles. The molecule has 0 aliphatic heterocycles. The summed E-state index contributed by atoms with van der Waals surface area (Å²) in [4.78, 5) is 0. The second-order valence-corrected chi connectivity index (χ2v) is 4.27. The van der Waals surface area contributed by atoms with Gasteiger partial charge in [0, 0.05) is 11.1 Å². The zero-order valence-corrected chi connectivity index (χ0v) is 9.68. The molecule has 2 unspecified atom stereocenters. The average Bonchev–Trinajstić information content (AvgIpc) is 2.21. The largest absolute Gasteiger partial charge is 0.330 e. The minimum Gasteiger partial charge on any atom is -0.330 e. The van der Waals surface area contributed by atoms with Crippen LogP contribution in [0.3, 0.4) is 0 Å². The van der Waals surface area contributed by atoms with E-state index in [2.05, 4.69) is 0 Å². The lowest BCUT2D eigenvalue weighted by atomic mass is 9.94. The van der Waals surface area contributed by atoms with E-state index in [1.165, 1.54) is 6.07 Å². The van der Waals surface area contributed by atoms with Crippen LogP contribution in [0.2, 0.25) is 5.02 Å². The van der Waals surface area contributed by atoms with Crippen LogP contribution >= 0.6 is 11.6 Å². The average molecular weight is 231 g/mol. The van der Waals surface area contributed by atoms with Gasteiger partial charge in [-0.05, 0) is 42.6 Å². The van der Waals surface area contributed by atoms with Crippen LogP contribution in [0.15, 0.2) is 12.1 Å². The number of hydrogen-bond acceptors (Lipinski definition) is 2. The first-order valence-electron chi connectivity index (χ1n) is 4.88. The molecule has 4 heteroatoms. The SMILES string of the molecule is Cc1cc(Cl)c(C(N)C(C)CN)cc1F. The quantitative estimate of drug-likeness (QED) is 0.838. The Balaban J connectivity index is 3.09. The number of halogens is 2. The molecule has 15 heavy (non-hydrogen) atoms. The zero-order valence-electron chi connectivity index (χ0n) is 8.93. The van der Waals surface area contributed by atoms with Crippen molar-refractivity contribution >= 4 is 11.6 Å². The number of benzene rings is 1. The first-order valence-corrected chi connectivity index (χ1v) is 5.26. The Kier molecular flexibility index (Phi) is 4.08. The standard InChI is InChI=1S/C11H16ClFN2/c1-6-3-9(12)8(4-10(6)13)11(15)7(2)5-14/h3-4,7,11H,5,14-15H2,1-2H3. The fourth-order valence-corrected chi connectivity index (χ4v) is 1.71. The molecule has 0 aliphatic carbocycles. The Morgan fingerprint density at radius 1 is 1.47 bits per heavy atom. The topological polar surface area (TPSA) is 52.0 Å². The number of nitrogens with two attached hydrogens (primary N) is 2. The van der Waals surface area contributed by atoms with Gasteiger partial charge < -0.3 is 11.5 Å². The summed E-state index contributed by atoms with van der Waals surface area (Å²) in [7, 11) is 0. The van der Waals surface area contributed by atoms with Gasteiger partial charge in [0.2, 0.25) is 0 Å². The Labute approximate surface area is 94.4 Å². The highest BCUT2D eigenvalue weighted by atomic mass is 35.5. The molecule has 1 aromatic carbocycles. The predicted octanol–water partition coefficient (Wildman–Crippen LogP) is 2.38. The zero-order chi connectivity index (χ0) is 11.6. The lowest BCUT2D eigenvalue weighted by Gasteiger charge is -2.20. The Bertz CT molecular complexity index is 355. The molecule has 84 valence electrons. The van der Waals surface area contributed by atoms with Crippen molar-refractivity contribution in [3.8, 4) is 0 Å². The van der Waals surface area contributed by atoms with E-state index >= 15 is 0 Å². The van der Waals surface area contributed by atoms with Gasteiger partial charge in [0.05, 0.1) is 0 Å². The van der Waals surface area contributed by atoms with Crippen LogP contribution in [-0.2, 0) is 0 Å². The summed E-state index contributed by atoms with van der Waals surface area (Å²) in [5.74, 6) is -0.210. The first-order chi connectivity index (χ1) is 6.97. The molecule has 0 heterocycles. The molecule has 0 fully saturated rings. The molecule has 1 rings (SSSR count). The van der Waals surface area contributed by atoms with Gasteiger partial charge in [0.25, 0.3) is 0 Å². The molecular formula is C11H16ClFN2. The second kappa shape index (κ2) is 4.92. The van der Waals surface area contributed by atoms with Crippen molar-refractivity contribution in [2.75, 3.05) is 6.54 Å². The van der Waals surface area contributed by atoms with E-state index in [9.17, 15) is 4.39 Å². The maximum absolute atomic E-state index is 13.3.